The van der Waals surface area contributed by atoms with Crippen LogP contribution >= 0.6 is 0 Å². The Bertz CT molecular complexity index is 1050. The van der Waals surface area contributed by atoms with Crippen molar-refractivity contribution in [3.63, 3.8) is 0 Å². The third-order valence-electron chi connectivity index (χ3n) is 14.0. The van der Waals surface area contributed by atoms with E-state index in [1.807, 2.05) is 6.92 Å². The second-order valence-electron chi connectivity index (χ2n) is 16.4. The van der Waals surface area contributed by atoms with Crippen LogP contribution in [0.25, 0.3) is 0 Å². The summed E-state index contributed by atoms with van der Waals surface area (Å²) in [5.41, 5.74) is 0.766. The van der Waals surface area contributed by atoms with Gasteiger partial charge in [0.2, 0.25) is 11.8 Å². The number of alkyl carbamates (subject to hydrolysis) is 1. The summed E-state index contributed by atoms with van der Waals surface area (Å²) >= 11 is 0. The summed E-state index contributed by atoms with van der Waals surface area (Å²) in [6.45, 7) is 10.6. The van der Waals surface area contributed by atoms with Gasteiger partial charge in [0.1, 0.15) is 6.10 Å². The number of hydrogen-bond donors (Lipinski definition) is 3. The molecule has 4 saturated carbocycles. The molecule has 0 bridgehead atoms. The Hall–Kier alpha value is -1.83. The summed E-state index contributed by atoms with van der Waals surface area (Å²) < 4.78 is 5.97. The molecule has 1 heterocycles. The van der Waals surface area contributed by atoms with Gasteiger partial charge in [0.15, 0.2) is 0 Å². The summed E-state index contributed by atoms with van der Waals surface area (Å²) in [6, 6.07) is 0.122. The first-order chi connectivity index (χ1) is 21.5. The lowest BCUT2D eigenvalue weighted by atomic mass is 9.44. The van der Waals surface area contributed by atoms with Crippen molar-refractivity contribution in [3.8, 4) is 0 Å². The Balaban J connectivity index is 1.03. The second kappa shape index (κ2) is 14.5. The van der Waals surface area contributed by atoms with Crippen LogP contribution in [0.3, 0.4) is 0 Å². The van der Waals surface area contributed by atoms with Crippen LogP contribution in [0.2, 0.25) is 0 Å². The van der Waals surface area contributed by atoms with E-state index in [9.17, 15) is 19.5 Å². The maximum Gasteiger partial charge on any atom is 0.407 e. The van der Waals surface area contributed by atoms with Crippen LogP contribution in [0.4, 0.5) is 4.79 Å². The lowest BCUT2D eigenvalue weighted by molar-refractivity contribution is -0.132. The number of nitrogens with one attached hydrogen (secondary N) is 2. The standard InChI is InChI=1S/C37H63N3O5/c1-24(10-15-33(42)38-5)30-13-14-31-29-12-11-26-22-28(16-18-36(26,3)32(29)17-19-37(30,31)4)45-35(44)39-20-8-6-7-9-34(43)40-23-27(41)21-25(40)2/h24-32,41H,6-23H2,1-5H3,(H,38,42)(H,39,44)/t24-,25-,26-,27-,28-,29?,30-,31?,32?,36+,37-/m1/s1. The molecule has 0 aromatic rings. The topological polar surface area (TPSA) is 108 Å². The zero-order valence-corrected chi connectivity index (χ0v) is 29.0. The highest BCUT2D eigenvalue weighted by Crippen LogP contribution is 2.68. The Morgan fingerprint density at radius 3 is 2.42 bits per heavy atom. The number of aliphatic hydroxyl groups excluding tert-OH is 1. The first-order valence-corrected chi connectivity index (χ1v) is 18.6. The smallest absolute Gasteiger partial charge is 0.407 e. The molecule has 45 heavy (non-hydrogen) atoms. The summed E-state index contributed by atoms with van der Waals surface area (Å²) in [4.78, 5) is 38.8. The molecule has 5 fully saturated rings. The third kappa shape index (κ3) is 7.36. The molecular formula is C37H63N3O5. The third-order valence-corrected chi connectivity index (χ3v) is 14.0. The molecule has 3 amide bonds. The number of hydrogen-bond acceptors (Lipinski definition) is 5. The minimum absolute atomic E-state index is 0.0148. The van der Waals surface area contributed by atoms with E-state index in [1.165, 1.54) is 38.5 Å². The number of likely N-dealkylation sites (tertiary alicyclic amines) is 1. The fraction of sp³-hybridized carbons (Fsp3) is 0.919. The van der Waals surface area contributed by atoms with Gasteiger partial charge in [-0.25, -0.2) is 4.79 Å². The van der Waals surface area contributed by atoms with E-state index in [0.29, 0.717) is 55.0 Å². The lowest BCUT2D eigenvalue weighted by Gasteiger charge is -2.61. The zero-order chi connectivity index (χ0) is 32.4. The van der Waals surface area contributed by atoms with Crippen molar-refractivity contribution in [3.05, 3.63) is 0 Å². The van der Waals surface area contributed by atoms with Crippen molar-refractivity contribution < 1.29 is 24.2 Å². The highest BCUT2D eigenvalue weighted by atomic mass is 16.6. The molecule has 1 aliphatic heterocycles. The minimum Gasteiger partial charge on any atom is -0.446 e. The fourth-order valence-corrected chi connectivity index (χ4v) is 11.4. The molecule has 0 aromatic carbocycles. The molecule has 8 heteroatoms. The van der Waals surface area contributed by atoms with E-state index < -0.39 is 6.10 Å². The molecule has 0 spiro atoms. The van der Waals surface area contributed by atoms with Gasteiger partial charge in [-0.15, -0.1) is 0 Å². The maximum absolute atomic E-state index is 12.7. The SMILES string of the molecule is CNC(=O)CC[C@@H](C)[C@H]1CCC2C3CC[C@@H]4C[C@H](OC(=O)NCCCCCC(=O)N5C[C@H](O)C[C@H]5C)CC[C@]4(C)C3CC[C@@]21C. The molecule has 5 aliphatic rings. The molecular weight excluding hydrogens is 566 g/mol. The first kappa shape index (κ1) is 34.5. The van der Waals surface area contributed by atoms with Crippen LogP contribution in [-0.4, -0.2) is 66.3 Å². The van der Waals surface area contributed by atoms with Crippen LogP contribution in [0.5, 0.6) is 0 Å². The number of aliphatic hydroxyl groups is 1. The van der Waals surface area contributed by atoms with Crippen LogP contribution in [0.15, 0.2) is 0 Å². The molecule has 1 saturated heterocycles. The average Bonchev–Trinajstić information content (AvgIpc) is 3.55. The van der Waals surface area contributed by atoms with Gasteiger partial charge in [-0.05, 0) is 137 Å². The van der Waals surface area contributed by atoms with E-state index in [0.717, 1.165) is 68.6 Å². The average molecular weight is 630 g/mol. The zero-order valence-electron chi connectivity index (χ0n) is 29.0. The number of β-amino-alcohol motifs (C(OH)–C–C–N with tert-alkyl or cyclic N) is 1. The number of fused-ring (bicyclic) bond motifs is 5. The number of ether oxygens (including phenoxy) is 1. The largest absolute Gasteiger partial charge is 0.446 e. The molecule has 8 nitrogen and oxygen atoms in total. The summed E-state index contributed by atoms with van der Waals surface area (Å²) in [6.07, 6.45) is 15.7. The molecule has 0 aromatic heterocycles. The highest BCUT2D eigenvalue weighted by molar-refractivity contribution is 5.77. The maximum atomic E-state index is 12.7. The van der Waals surface area contributed by atoms with E-state index in [-0.39, 0.29) is 30.1 Å². The monoisotopic (exact) mass is 629 g/mol. The number of carbonyl (C=O) groups excluding carboxylic acids is 3. The van der Waals surface area contributed by atoms with Gasteiger partial charge in [0.25, 0.3) is 0 Å². The fourth-order valence-electron chi connectivity index (χ4n) is 11.4. The Morgan fingerprint density at radius 1 is 0.933 bits per heavy atom. The molecule has 3 unspecified atom stereocenters. The van der Waals surface area contributed by atoms with E-state index >= 15 is 0 Å². The number of unbranched alkanes of at least 4 members (excludes halogenated alkanes) is 2. The number of nitrogens with zero attached hydrogens (tertiary/aromatic N) is 1. The first-order valence-electron chi connectivity index (χ1n) is 18.6. The molecule has 0 radical (unpaired) electrons. The Morgan fingerprint density at radius 2 is 1.69 bits per heavy atom. The number of carbonyl (C=O) groups is 3. The lowest BCUT2D eigenvalue weighted by Crippen LogP contribution is -2.54. The molecule has 5 rings (SSSR count). The van der Waals surface area contributed by atoms with Crippen molar-refractivity contribution in [1.82, 2.24) is 15.5 Å². The van der Waals surface area contributed by atoms with Gasteiger partial charge in [-0.1, -0.05) is 27.2 Å². The van der Waals surface area contributed by atoms with Gasteiger partial charge < -0.3 is 25.4 Å². The molecule has 3 N–H and O–H groups in total. The van der Waals surface area contributed by atoms with Crippen molar-refractivity contribution in [2.24, 2.45) is 46.3 Å². The molecule has 256 valence electrons. The quantitative estimate of drug-likeness (QED) is 0.228. The predicted molar refractivity (Wildman–Crippen MR) is 176 cm³/mol. The van der Waals surface area contributed by atoms with Gasteiger partial charge in [0, 0.05) is 39.0 Å². The van der Waals surface area contributed by atoms with Crippen LogP contribution in [0, 0.1) is 46.3 Å². The summed E-state index contributed by atoms with van der Waals surface area (Å²) in [5.74, 6) is 4.69. The van der Waals surface area contributed by atoms with E-state index in [2.05, 4.69) is 31.4 Å². The minimum atomic E-state index is -0.390. The molecule has 11 atom stereocenters. The van der Waals surface area contributed by atoms with Crippen LogP contribution < -0.4 is 10.6 Å². The Labute approximate surface area is 272 Å². The number of rotatable bonds is 11. The highest BCUT2D eigenvalue weighted by Gasteiger charge is 2.60. The van der Waals surface area contributed by atoms with Crippen molar-refractivity contribution in [2.45, 2.75) is 149 Å². The van der Waals surface area contributed by atoms with Gasteiger partial charge in [-0.2, -0.15) is 0 Å². The summed E-state index contributed by atoms with van der Waals surface area (Å²) in [5, 5.41) is 15.5. The van der Waals surface area contributed by atoms with Crippen molar-refractivity contribution >= 4 is 17.9 Å². The van der Waals surface area contributed by atoms with Gasteiger partial charge >= 0.3 is 6.09 Å². The van der Waals surface area contributed by atoms with Gasteiger partial charge in [0.05, 0.1) is 6.10 Å². The second-order valence-corrected chi connectivity index (χ2v) is 16.4. The molecule has 4 aliphatic carbocycles. The normalized spacial score (nSPS) is 39.7. The van der Waals surface area contributed by atoms with E-state index in [4.69, 9.17) is 4.74 Å². The van der Waals surface area contributed by atoms with Gasteiger partial charge in [-0.3, -0.25) is 9.59 Å². The van der Waals surface area contributed by atoms with Crippen LogP contribution in [0.1, 0.15) is 130 Å². The van der Waals surface area contributed by atoms with Crippen molar-refractivity contribution in [2.75, 3.05) is 20.1 Å². The number of amides is 3. The van der Waals surface area contributed by atoms with E-state index in [1.54, 1.807) is 11.9 Å². The predicted octanol–water partition coefficient (Wildman–Crippen LogP) is 6.44. The van der Waals surface area contributed by atoms with Crippen molar-refractivity contribution in [1.29, 1.82) is 0 Å². The van der Waals surface area contributed by atoms with Crippen LogP contribution in [-0.2, 0) is 14.3 Å². The Kier molecular flexibility index (Phi) is 11.1. The summed E-state index contributed by atoms with van der Waals surface area (Å²) in [7, 11) is 1.74.